The maximum atomic E-state index is 5.52. The van der Waals surface area contributed by atoms with Crippen LogP contribution in [0, 0.1) is 6.92 Å². The molecule has 0 unspecified atom stereocenters. The smallest absolute Gasteiger partial charge is 0.129 e. The Morgan fingerprint density at radius 3 is 2.66 bits per heavy atom. The maximum Gasteiger partial charge on any atom is 0.129 e. The van der Waals surface area contributed by atoms with Crippen LogP contribution in [0.1, 0.15) is 35.4 Å². The van der Waals surface area contributed by atoms with Gasteiger partial charge in [-0.1, -0.05) is 37.8 Å². The Kier molecular flexibility index (Phi) is 7.04. The lowest BCUT2D eigenvalue weighted by Gasteiger charge is -2.12. The van der Waals surface area contributed by atoms with Crippen LogP contribution in [0.2, 0.25) is 0 Å². The zero-order valence-corrected chi connectivity index (χ0v) is 17.9. The highest BCUT2D eigenvalue weighted by atomic mass is 32.1. The first-order valence-corrected chi connectivity index (χ1v) is 10.5. The van der Waals surface area contributed by atoms with E-state index in [4.69, 9.17) is 4.74 Å². The van der Waals surface area contributed by atoms with Crippen LogP contribution in [-0.2, 0) is 11.2 Å². The first kappa shape index (κ1) is 20.6. The molecule has 0 atom stereocenters. The minimum Gasteiger partial charge on any atom is -0.465 e. The van der Waals surface area contributed by atoms with E-state index in [-0.39, 0.29) is 0 Å². The van der Waals surface area contributed by atoms with Crippen LogP contribution in [0.3, 0.4) is 0 Å². The van der Waals surface area contributed by atoms with Gasteiger partial charge in [0.1, 0.15) is 5.76 Å². The molecule has 0 saturated carbocycles. The standard InChI is InChI=1S/C25H26N2OS/c1-5-19-14-15-29-25(19)17-26-27-22-12-10-20(11-13-22)23-16-21(9-8-18(23)4)24(6-2)28-7-3/h6-17,27H,3,5H2,1-2,4H3/b24-6-,26-17+. The van der Waals surface area contributed by atoms with Crippen molar-refractivity contribution in [2.75, 3.05) is 5.43 Å². The van der Waals surface area contributed by atoms with Gasteiger partial charge in [0.15, 0.2) is 0 Å². The largest absolute Gasteiger partial charge is 0.465 e. The summed E-state index contributed by atoms with van der Waals surface area (Å²) in [6.07, 6.45) is 6.31. The highest BCUT2D eigenvalue weighted by molar-refractivity contribution is 7.11. The second-order valence-electron chi connectivity index (χ2n) is 6.58. The van der Waals surface area contributed by atoms with E-state index >= 15 is 0 Å². The van der Waals surface area contributed by atoms with Crippen LogP contribution in [0.25, 0.3) is 16.9 Å². The van der Waals surface area contributed by atoms with Crippen molar-refractivity contribution in [2.24, 2.45) is 5.10 Å². The van der Waals surface area contributed by atoms with Crippen LogP contribution in [0.5, 0.6) is 0 Å². The van der Waals surface area contributed by atoms with Gasteiger partial charge >= 0.3 is 0 Å². The Labute approximate surface area is 177 Å². The third-order valence-corrected chi connectivity index (χ3v) is 5.62. The van der Waals surface area contributed by atoms with Gasteiger partial charge in [-0.05, 0) is 78.2 Å². The molecule has 0 bridgehead atoms. The van der Waals surface area contributed by atoms with Crippen LogP contribution in [-0.4, -0.2) is 6.21 Å². The molecule has 1 heterocycles. The van der Waals surface area contributed by atoms with Gasteiger partial charge in [-0.15, -0.1) is 11.3 Å². The highest BCUT2D eigenvalue weighted by Crippen LogP contribution is 2.29. The molecular formula is C25H26N2OS. The summed E-state index contributed by atoms with van der Waals surface area (Å²) in [6, 6.07) is 16.8. The van der Waals surface area contributed by atoms with Crippen molar-refractivity contribution < 1.29 is 4.74 Å². The number of hydrogen-bond donors (Lipinski definition) is 1. The lowest BCUT2D eigenvalue weighted by molar-refractivity contribution is 0.438. The normalized spacial score (nSPS) is 11.6. The summed E-state index contributed by atoms with van der Waals surface area (Å²) in [6.45, 7) is 9.88. The zero-order valence-electron chi connectivity index (χ0n) is 17.1. The Bertz CT molecular complexity index is 1030. The Morgan fingerprint density at radius 2 is 1.97 bits per heavy atom. The van der Waals surface area contributed by atoms with Gasteiger partial charge in [-0.2, -0.15) is 5.10 Å². The van der Waals surface area contributed by atoms with Crippen molar-refractivity contribution in [3.05, 3.63) is 94.4 Å². The minimum atomic E-state index is 0.800. The molecule has 3 rings (SSSR count). The number of aryl methyl sites for hydroxylation is 2. The quantitative estimate of drug-likeness (QED) is 0.244. The molecule has 0 saturated heterocycles. The van der Waals surface area contributed by atoms with Crippen LogP contribution in [0.15, 0.2) is 77.9 Å². The van der Waals surface area contributed by atoms with Crippen molar-refractivity contribution in [1.29, 1.82) is 0 Å². The molecule has 3 aromatic rings. The lowest BCUT2D eigenvalue weighted by atomic mass is 9.97. The fourth-order valence-electron chi connectivity index (χ4n) is 3.12. The van der Waals surface area contributed by atoms with Gasteiger partial charge in [0.05, 0.1) is 23.0 Å². The number of thiophene rings is 1. The summed E-state index contributed by atoms with van der Waals surface area (Å²) in [5, 5.41) is 6.49. The number of nitrogens with one attached hydrogen (secondary N) is 1. The number of nitrogens with zero attached hydrogens (tertiary/aromatic N) is 1. The van der Waals surface area contributed by atoms with Crippen molar-refractivity contribution in [1.82, 2.24) is 0 Å². The summed E-state index contributed by atoms with van der Waals surface area (Å²) in [4.78, 5) is 1.20. The predicted molar refractivity (Wildman–Crippen MR) is 126 cm³/mol. The molecule has 1 aromatic heterocycles. The van der Waals surface area contributed by atoms with E-state index in [0.29, 0.717) is 0 Å². The second kappa shape index (κ2) is 9.89. The third kappa shape index (κ3) is 5.04. The Morgan fingerprint density at radius 1 is 1.17 bits per heavy atom. The molecule has 0 aliphatic heterocycles. The van der Waals surface area contributed by atoms with E-state index in [9.17, 15) is 0 Å². The molecule has 3 nitrogen and oxygen atoms in total. The highest BCUT2D eigenvalue weighted by Gasteiger charge is 2.07. The summed E-state index contributed by atoms with van der Waals surface area (Å²) in [7, 11) is 0. The molecule has 0 aliphatic carbocycles. The average Bonchev–Trinajstić information content (AvgIpc) is 3.21. The van der Waals surface area contributed by atoms with E-state index in [2.05, 4.69) is 72.7 Å². The van der Waals surface area contributed by atoms with Crippen molar-refractivity contribution >= 4 is 29.0 Å². The first-order valence-electron chi connectivity index (χ1n) is 9.67. The molecule has 1 N–H and O–H groups in total. The molecule has 0 aliphatic rings. The van der Waals surface area contributed by atoms with Crippen LogP contribution < -0.4 is 5.43 Å². The van der Waals surface area contributed by atoms with Crippen LogP contribution in [0.4, 0.5) is 5.69 Å². The van der Waals surface area contributed by atoms with E-state index in [1.54, 1.807) is 11.3 Å². The van der Waals surface area contributed by atoms with E-state index in [0.717, 1.165) is 29.0 Å². The first-order chi connectivity index (χ1) is 14.2. The fourth-order valence-corrected chi connectivity index (χ4v) is 3.98. The molecule has 4 heteroatoms. The van der Waals surface area contributed by atoms with Crippen molar-refractivity contribution in [2.45, 2.75) is 27.2 Å². The zero-order chi connectivity index (χ0) is 20.6. The second-order valence-corrected chi connectivity index (χ2v) is 7.53. The molecule has 0 fully saturated rings. The van der Waals surface area contributed by atoms with E-state index in [1.807, 2.05) is 31.3 Å². The fraction of sp³-hybridized carbons (Fsp3) is 0.160. The molecular weight excluding hydrogens is 376 g/mol. The predicted octanol–water partition coefficient (Wildman–Crippen LogP) is 7.25. The van der Waals surface area contributed by atoms with Gasteiger partial charge in [0, 0.05) is 5.56 Å². The van der Waals surface area contributed by atoms with Gasteiger partial charge in [0.25, 0.3) is 0 Å². The number of anilines is 1. The molecule has 0 radical (unpaired) electrons. The lowest BCUT2D eigenvalue weighted by Crippen LogP contribution is -1.92. The van der Waals surface area contributed by atoms with E-state index in [1.165, 1.54) is 27.8 Å². The molecule has 0 spiro atoms. The van der Waals surface area contributed by atoms with Crippen molar-refractivity contribution in [3.8, 4) is 11.1 Å². The van der Waals surface area contributed by atoms with Gasteiger partial charge in [-0.3, -0.25) is 5.43 Å². The number of allylic oxidation sites excluding steroid dienone is 1. The van der Waals surface area contributed by atoms with E-state index < -0.39 is 0 Å². The number of ether oxygens (including phenoxy) is 1. The van der Waals surface area contributed by atoms with Crippen LogP contribution >= 0.6 is 11.3 Å². The third-order valence-electron chi connectivity index (χ3n) is 4.73. The SMILES string of the molecule is C=CO/C(=C\C)c1ccc(C)c(-c2ccc(N/N=C/c3sccc3CC)cc2)c1. The van der Waals surface area contributed by atoms with Gasteiger partial charge < -0.3 is 4.74 Å². The van der Waals surface area contributed by atoms with Gasteiger partial charge in [0.2, 0.25) is 0 Å². The Hall–Kier alpha value is -3.11. The molecule has 148 valence electrons. The molecule has 29 heavy (non-hydrogen) atoms. The summed E-state index contributed by atoms with van der Waals surface area (Å²) in [5.41, 5.74) is 9.97. The number of hydrazone groups is 1. The monoisotopic (exact) mass is 402 g/mol. The topological polar surface area (TPSA) is 33.6 Å². The number of hydrogen-bond acceptors (Lipinski definition) is 4. The summed E-state index contributed by atoms with van der Waals surface area (Å²) in [5.74, 6) is 0.800. The van der Waals surface area contributed by atoms with Gasteiger partial charge in [-0.25, -0.2) is 0 Å². The number of benzene rings is 2. The summed E-state index contributed by atoms with van der Waals surface area (Å²) >= 11 is 1.71. The molecule has 2 aromatic carbocycles. The summed E-state index contributed by atoms with van der Waals surface area (Å²) < 4.78 is 5.52. The maximum absolute atomic E-state index is 5.52. The minimum absolute atomic E-state index is 0.800. The number of rotatable bonds is 8. The molecule has 0 amide bonds. The Balaban J connectivity index is 1.77. The van der Waals surface area contributed by atoms with Crippen molar-refractivity contribution in [3.63, 3.8) is 0 Å². The average molecular weight is 403 g/mol.